The van der Waals surface area contributed by atoms with Gasteiger partial charge in [0.1, 0.15) is 24.5 Å². The third-order valence-corrected chi connectivity index (χ3v) is 1.84. The zero-order valence-corrected chi connectivity index (χ0v) is 7.39. The molecule has 0 spiro atoms. The molecule has 0 aliphatic heterocycles. The van der Waals surface area contributed by atoms with Crippen LogP contribution in [0, 0.1) is 0 Å². The number of rotatable bonds is 1. The van der Waals surface area contributed by atoms with Gasteiger partial charge in [-0.3, -0.25) is 0 Å². The van der Waals surface area contributed by atoms with E-state index >= 15 is 0 Å². The minimum Gasteiger partial charge on any atom is -0.249 e. The first-order valence-electron chi connectivity index (χ1n) is 4.09. The van der Waals surface area contributed by atoms with Crippen molar-refractivity contribution in [1.82, 2.24) is 39.9 Å². The second-order valence-corrected chi connectivity index (χ2v) is 2.70. The van der Waals surface area contributed by atoms with Gasteiger partial charge in [-0.05, 0) is 5.21 Å². The Labute approximate surface area is 83.1 Å². The highest BCUT2D eigenvalue weighted by Crippen LogP contribution is 2.09. The maximum Gasteiger partial charge on any atom is 0.259 e. The van der Waals surface area contributed by atoms with E-state index in [0.29, 0.717) is 17.1 Å². The van der Waals surface area contributed by atoms with Gasteiger partial charge in [-0.25, -0.2) is 19.5 Å². The molecule has 72 valence electrons. The Morgan fingerprint density at radius 2 is 2.07 bits per heavy atom. The van der Waals surface area contributed by atoms with Crippen LogP contribution < -0.4 is 0 Å². The molecule has 8 nitrogen and oxygen atoms in total. The van der Waals surface area contributed by atoms with Gasteiger partial charge in [-0.1, -0.05) is 5.10 Å². The highest BCUT2D eigenvalue weighted by molar-refractivity contribution is 5.70. The fourth-order valence-corrected chi connectivity index (χ4v) is 1.22. The Balaban J connectivity index is 2.28. The summed E-state index contributed by atoms with van der Waals surface area (Å²) in [5.74, 6) is 0.381. The maximum absolute atomic E-state index is 4.10. The van der Waals surface area contributed by atoms with Crippen molar-refractivity contribution in [1.29, 1.82) is 0 Å². The van der Waals surface area contributed by atoms with Crippen molar-refractivity contribution in [2.24, 2.45) is 0 Å². The Hall–Kier alpha value is -2.51. The van der Waals surface area contributed by atoms with Crippen LogP contribution in [0.2, 0.25) is 0 Å². The molecule has 0 unspecified atom stereocenters. The monoisotopic (exact) mass is 200 g/mol. The smallest absolute Gasteiger partial charge is 0.249 e. The lowest BCUT2D eigenvalue weighted by molar-refractivity contribution is 0.770. The van der Waals surface area contributed by atoms with Gasteiger partial charge in [-0.15, -0.1) is 5.10 Å². The van der Waals surface area contributed by atoms with Crippen LogP contribution in [0.1, 0.15) is 0 Å². The Bertz CT molecular complexity index is 588. The van der Waals surface area contributed by atoms with Crippen molar-refractivity contribution >= 4 is 11.2 Å². The van der Waals surface area contributed by atoms with Crippen LogP contribution in [0.5, 0.6) is 0 Å². The molecule has 0 N–H and O–H groups in total. The average Bonchev–Trinajstić information content (AvgIpc) is 2.74. The first-order valence-corrected chi connectivity index (χ1v) is 4.09. The molecule has 0 bridgehead atoms. The second-order valence-electron chi connectivity index (χ2n) is 2.70. The quantitative estimate of drug-likeness (QED) is 0.517. The molecule has 0 atom stereocenters. The molecule has 0 aromatic carbocycles. The van der Waals surface area contributed by atoms with Gasteiger partial charge in [0.2, 0.25) is 0 Å². The third kappa shape index (κ3) is 1.19. The zero-order valence-electron chi connectivity index (χ0n) is 7.39. The highest BCUT2D eigenvalue weighted by atomic mass is 15.4. The van der Waals surface area contributed by atoms with Crippen molar-refractivity contribution in [3.63, 3.8) is 0 Å². The summed E-state index contributed by atoms with van der Waals surface area (Å²) in [5, 5.41) is 10.8. The summed E-state index contributed by atoms with van der Waals surface area (Å²) >= 11 is 0. The van der Waals surface area contributed by atoms with E-state index < -0.39 is 0 Å². The molecule has 0 radical (unpaired) electrons. The van der Waals surface area contributed by atoms with E-state index in [-0.39, 0.29) is 0 Å². The van der Waals surface area contributed by atoms with Crippen LogP contribution in [-0.4, -0.2) is 39.9 Å². The second kappa shape index (κ2) is 3.01. The van der Waals surface area contributed by atoms with Crippen LogP contribution in [-0.2, 0) is 0 Å². The van der Waals surface area contributed by atoms with Crippen LogP contribution in [0.3, 0.4) is 0 Å². The van der Waals surface area contributed by atoms with Crippen molar-refractivity contribution in [2.45, 2.75) is 0 Å². The number of imidazole rings is 1. The normalized spacial score (nSPS) is 10.7. The number of nitrogens with zero attached hydrogens (tertiary/aromatic N) is 8. The van der Waals surface area contributed by atoms with Crippen LogP contribution in [0.15, 0.2) is 25.2 Å². The molecule has 3 aromatic rings. The number of hydrogen-bond donors (Lipinski definition) is 0. The molecule has 3 aromatic heterocycles. The van der Waals surface area contributed by atoms with Gasteiger partial charge in [0.25, 0.3) is 5.95 Å². The zero-order chi connectivity index (χ0) is 10.1. The van der Waals surface area contributed by atoms with Crippen molar-refractivity contribution in [3.8, 4) is 5.95 Å². The van der Waals surface area contributed by atoms with Crippen LogP contribution >= 0.6 is 0 Å². The van der Waals surface area contributed by atoms with Crippen LogP contribution in [0.4, 0.5) is 0 Å². The molecule has 0 fully saturated rings. The highest BCUT2D eigenvalue weighted by Gasteiger charge is 2.07. The minimum atomic E-state index is 0.381. The average molecular weight is 200 g/mol. The Morgan fingerprint density at radius 3 is 2.93 bits per heavy atom. The molecule has 0 aliphatic carbocycles. The molecule has 0 saturated heterocycles. The molecule has 3 heterocycles. The molecule has 15 heavy (non-hydrogen) atoms. The van der Waals surface area contributed by atoms with Gasteiger partial charge in [0, 0.05) is 0 Å². The van der Waals surface area contributed by atoms with Crippen molar-refractivity contribution in [2.75, 3.05) is 0 Å². The Kier molecular flexibility index (Phi) is 1.58. The standard InChI is InChI=1S/C7H4N8/c1-5-6(9-2-8-1)15(4-11-5)7-10-3-12-14-13-7/h1-4H. The molecule has 8 heteroatoms. The van der Waals surface area contributed by atoms with Gasteiger partial charge >= 0.3 is 0 Å². The lowest BCUT2D eigenvalue weighted by Crippen LogP contribution is -2.02. The summed E-state index contributed by atoms with van der Waals surface area (Å²) in [7, 11) is 0. The summed E-state index contributed by atoms with van der Waals surface area (Å²) in [5.41, 5.74) is 1.32. The summed E-state index contributed by atoms with van der Waals surface area (Å²) in [6.45, 7) is 0. The third-order valence-electron chi connectivity index (χ3n) is 1.84. The van der Waals surface area contributed by atoms with E-state index in [1.54, 1.807) is 17.1 Å². The van der Waals surface area contributed by atoms with Crippen molar-refractivity contribution < 1.29 is 0 Å². The van der Waals surface area contributed by atoms with E-state index in [2.05, 4.69) is 35.3 Å². The van der Waals surface area contributed by atoms with Gasteiger partial charge in [0.15, 0.2) is 5.65 Å². The summed E-state index contributed by atoms with van der Waals surface area (Å²) in [6.07, 6.45) is 5.94. The first kappa shape index (κ1) is 7.85. The van der Waals surface area contributed by atoms with Crippen LogP contribution in [0.25, 0.3) is 17.1 Å². The van der Waals surface area contributed by atoms with Crippen molar-refractivity contribution in [3.05, 3.63) is 25.2 Å². The SMILES string of the molecule is c1nnnc(-n2cnc3cncnc32)n1. The van der Waals surface area contributed by atoms with E-state index in [1.165, 1.54) is 12.7 Å². The molecule has 0 aliphatic rings. The van der Waals surface area contributed by atoms with E-state index in [1.807, 2.05) is 0 Å². The Morgan fingerprint density at radius 1 is 1.07 bits per heavy atom. The van der Waals surface area contributed by atoms with E-state index in [0.717, 1.165) is 0 Å². The molecule has 0 amide bonds. The molecule has 0 saturated carbocycles. The molecule has 3 rings (SSSR count). The number of aromatic nitrogens is 8. The predicted molar refractivity (Wildman–Crippen MR) is 47.8 cm³/mol. The van der Waals surface area contributed by atoms with Gasteiger partial charge in [-0.2, -0.15) is 4.98 Å². The lowest BCUT2D eigenvalue weighted by atomic mass is 10.5. The summed E-state index contributed by atoms with van der Waals surface area (Å²) in [6, 6.07) is 0. The molecular weight excluding hydrogens is 196 g/mol. The maximum atomic E-state index is 4.10. The summed E-state index contributed by atoms with van der Waals surface area (Å²) in [4.78, 5) is 16.0. The fourth-order valence-electron chi connectivity index (χ4n) is 1.22. The lowest BCUT2D eigenvalue weighted by Gasteiger charge is -1.97. The summed E-state index contributed by atoms with van der Waals surface area (Å²) < 4.78 is 1.62. The number of hydrogen-bond acceptors (Lipinski definition) is 7. The predicted octanol–water partition coefficient (Wildman–Crippen LogP) is -0.605. The topological polar surface area (TPSA) is 95.2 Å². The minimum absolute atomic E-state index is 0.381. The first-order chi connectivity index (χ1) is 7.45. The molecular formula is C7H4N8. The fraction of sp³-hybridized carbons (Fsp3) is 0. The largest absolute Gasteiger partial charge is 0.259 e. The van der Waals surface area contributed by atoms with E-state index in [9.17, 15) is 0 Å². The van der Waals surface area contributed by atoms with E-state index in [4.69, 9.17) is 0 Å². The van der Waals surface area contributed by atoms with Gasteiger partial charge in [0.05, 0.1) is 6.20 Å². The number of fused-ring (bicyclic) bond motifs is 1. The van der Waals surface area contributed by atoms with Gasteiger partial charge < -0.3 is 0 Å².